The van der Waals surface area contributed by atoms with Crippen LogP contribution in [0.4, 0.5) is 0 Å². The second-order valence-corrected chi connectivity index (χ2v) is 6.75. The molecule has 1 fully saturated rings. The summed E-state index contributed by atoms with van der Waals surface area (Å²) >= 11 is 5.92. The Labute approximate surface area is 151 Å². The molecule has 4 heterocycles. The molecule has 0 aliphatic carbocycles. The summed E-state index contributed by atoms with van der Waals surface area (Å²) in [5.74, 6) is 1.20. The summed E-state index contributed by atoms with van der Waals surface area (Å²) in [4.78, 5) is 20.1. The lowest BCUT2D eigenvalue weighted by molar-refractivity contribution is 0.196. The standard InChI is InChI=1S/C18H19ClN6/c19-15-3-4-16(22-8-15)12-24-6-1-2-14(11-24)17-9-21-10-18(23-17)25-7-5-20-13-25/h3-5,7-10,13-14H,1-2,6,11-12H2/t14-/m0/s1. The Bertz CT molecular complexity index is 818. The monoisotopic (exact) mass is 354 g/mol. The molecule has 0 aromatic carbocycles. The molecule has 1 atom stereocenters. The molecule has 25 heavy (non-hydrogen) atoms. The predicted octanol–water partition coefficient (Wildman–Crippen LogP) is 3.09. The summed E-state index contributed by atoms with van der Waals surface area (Å²) in [6, 6.07) is 3.89. The van der Waals surface area contributed by atoms with Gasteiger partial charge in [-0.25, -0.2) is 9.97 Å². The van der Waals surface area contributed by atoms with Crippen LogP contribution in [-0.2, 0) is 6.54 Å². The summed E-state index contributed by atoms with van der Waals surface area (Å²) in [6.45, 7) is 2.88. The van der Waals surface area contributed by atoms with Crippen LogP contribution in [0.25, 0.3) is 5.82 Å². The highest BCUT2D eigenvalue weighted by Crippen LogP contribution is 2.26. The van der Waals surface area contributed by atoms with E-state index in [0.29, 0.717) is 10.9 Å². The zero-order valence-electron chi connectivity index (χ0n) is 13.8. The van der Waals surface area contributed by atoms with Gasteiger partial charge in [-0.05, 0) is 31.5 Å². The van der Waals surface area contributed by atoms with Crippen LogP contribution in [0.5, 0.6) is 0 Å². The molecule has 128 valence electrons. The van der Waals surface area contributed by atoms with Gasteiger partial charge in [0.25, 0.3) is 0 Å². The number of nitrogens with zero attached hydrogens (tertiary/aromatic N) is 6. The van der Waals surface area contributed by atoms with E-state index < -0.39 is 0 Å². The van der Waals surface area contributed by atoms with E-state index in [0.717, 1.165) is 49.7 Å². The first-order valence-electron chi connectivity index (χ1n) is 8.41. The highest BCUT2D eigenvalue weighted by Gasteiger charge is 2.23. The molecule has 0 spiro atoms. The Kier molecular flexibility index (Phi) is 4.72. The maximum absolute atomic E-state index is 5.92. The Morgan fingerprint density at radius 3 is 2.92 bits per heavy atom. The van der Waals surface area contributed by atoms with Crippen molar-refractivity contribution in [3.63, 3.8) is 0 Å². The van der Waals surface area contributed by atoms with Crippen molar-refractivity contribution in [3.8, 4) is 5.82 Å². The van der Waals surface area contributed by atoms with E-state index in [-0.39, 0.29) is 0 Å². The predicted molar refractivity (Wildman–Crippen MR) is 95.7 cm³/mol. The van der Waals surface area contributed by atoms with Crippen molar-refractivity contribution in [2.24, 2.45) is 0 Å². The molecule has 0 saturated carbocycles. The van der Waals surface area contributed by atoms with E-state index in [4.69, 9.17) is 16.6 Å². The van der Waals surface area contributed by atoms with E-state index in [1.807, 2.05) is 29.1 Å². The number of likely N-dealkylation sites (tertiary alicyclic amines) is 1. The first-order chi connectivity index (χ1) is 12.3. The smallest absolute Gasteiger partial charge is 0.156 e. The second-order valence-electron chi connectivity index (χ2n) is 6.31. The molecule has 0 bridgehead atoms. The number of rotatable bonds is 4. The minimum Gasteiger partial charge on any atom is -0.297 e. The number of pyridine rings is 1. The third-order valence-electron chi connectivity index (χ3n) is 4.51. The van der Waals surface area contributed by atoms with Gasteiger partial charge in [0, 0.05) is 43.8 Å². The lowest BCUT2D eigenvalue weighted by Crippen LogP contribution is -2.34. The fraction of sp³-hybridized carbons (Fsp3) is 0.333. The molecule has 1 aliphatic heterocycles. The fourth-order valence-corrected chi connectivity index (χ4v) is 3.37. The Morgan fingerprint density at radius 2 is 2.12 bits per heavy atom. The average Bonchev–Trinajstić information content (AvgIpc) is 3.19. The van der Waals surface area contributed by atoms with Crippen LogP contribution in [0.2, 0.25) is 5.02 Å². The molecule has 1 saturated heterocycles. The third kappa shape index (κ3) is 3.86. The Morgan fingerprint density at radius 1 is 1.16 bits per heavy atom. The van der Waals surface area contributed by atoms with E-state index in [2.05, 4.69) is 19.9 Å². The van der Waals surface area contributed by atoms with Crippen molar-refractivity contribution in [2.45, 2.75) is 25.3 Å². The zero-order valence-corrected chi connectivity index (χ0v) is 14.5. The van der Waals surface area contributed by atoms with Crippen LogP contribution in [0.1, 0.15) is 30.1 Å². The van der Waals surface area contributed by atoms with Crippen molar-refractivity contribution in [1.82, 2.24) is 29.4 Å². The van der Waals surface area contributed by atoms with Crippen LogP contribution in [0, 0.1) is 0 Å². The Balaban J connectivity index is 1.47. The minimum absolute atomic E-state index is 0.386. The maximum atomic E-state index is 5.92. The second kappa shape index (κ2) is 7.29. The van der Waals surface area contributed by atoms with Crippen LogP contribution in [0.15, 0.2) is 49.4 Å². The lowest BCUT2D eigenvalue weighted by Gasteiger charge is -2.32. The largest absolute Gasteiger partial charge is 0.297 e. The molecule has 4 rings (SSSR count). The van der Waals surface area contributed by atoms with Gasteiger partial charge < -0.3 is 0 Å². The summed E-state index contributed by atoms with van der Waals surface area (Å²) in [5.41, 5.74) is 2.09. The number of hydrogen-bond acceptors (Lipinski definition) is 5. The van der Waals surface area contributed by atoms with Gasteiger partial charge in [-0.1, -0.05) is 11.6 Å². The SMILES string of the molecule is Clc1ccc(CN2CCC[C@H](c3cncc(-n4ccnc4)n3)C2)nc1. The fourth-order valence-electron chi connectivity index (χ4n) is 3.26. The molecule has 0 radical (unpaired) electrons. The van der Waals surface area contributed by atoms with Crippen molar-refractivity contribution in [2.75, 3.05) is 13.1 Å². The highest BCUT2D eigenvalue weighted by atomic mass is 35.5. The zero-order chi connectivity index (χ0) is 17.1. The Hall–Kier alpha value is -2.31. The minimum atomic E-state index is 0.386. The average molecular weight is 355 g/mol. The van der Waals surface area contributed by atoms with E-state index in [1.54, 1.807) is 24.9 Å². The summed E-state index contributed by atoms with van der Waals surface area (Å²) in [5, 5.41) is 0.673. The molecule has 1 aliphatic rings. The first kappa shape index (κ1) is 16.2. The maximum Gasteiger partial charge on any atom is 0.156 e. The number of hydrogen-bond donors (Lipinski definition) is 0. The molecule has 6 nitrogen and oxygen atoms in total. The quantitative estimate of drug-likeness (QED) is 0.720. The molecular weight excluding hydrogens is 336 g/mol. The van der Waals surface area contributed by atoms with E-state index in [1.165, 1.54) is 0 Å². The summed E-state index contributed by atoms with van der Waals surface area (Å²) < 4.78 is 1.88. The normalized spacial score (nSPS) is 18.4. The van der Waals surface area contributed by atoms with Crippen LogP contribution >= 0.6 is 11.6 Å². The van der Waals surface area contributed by atoms with Gasteiger partial charge in [-0.3, -0.25) is 19.4 Å². The molecule has 3 aromatic rings. The van der Waals surface area contributed by atoms with E-state index >= 15 is 0 Å². The summed E-state index contributed by atoms with van der Waals surface area (Å²) in [6.07, 6.45) is 13.0. The van der Waals surface area contributed by atoms with Gasteiger partial charge >= 0.3 is 0 Å². The first-order valence-corrected chi connectivity index (χ1v) is 8.79. The number of halogens is 1. The number of aromatic nitrogens is 5. The van der Waals surface area contributed by atoms with Crippen molar-refractivity contribution < 1.29 is 0 Å². The highest BCUT2D eigenvalue weighted by molar-refractivity contribution is 6.30. The molecule has 7 heteroatoms. The van der Waals surface area contributed by atoms with Gasteiger partial charge in [0.1, 0.15) is 6.33 Å². The van der Waals surface area contributed by atoms with Crippen molar-refractivity contribution >= 4 is 11.6 Å². The summed E-state index contributed by atoms with van der Waals surface area (Å²) in [7, 11) is 0. The van der Waals surface area contributed by atoms with Gasteiger partial charge in [0.15, 0.2) is 5.82 Å². The molecule has 0 unspecified atom stereocenters. The van der Waals surface area contributed by atoms with Crippen molar-refractivity contribution in [3.05, 3.63) is 65.9 Å². The van der Waals surface area contributed by atoms with Crippen LogP contribution < -0.4 is 0 Å². The number of imidazole rings is 1. The number of piperidine rings is 1. The molecular formula is C18H19ClN6. The molecule has 0 N–H and O–H groups in total. The van der Waals surface area contributed by atoms with Crippen LogP contribution in [-0.4, -0.2) is 42.5 Å². The van der Waals surface area contributed by atoms with E-state index in [9.17, 15) is 0 Å². The van der Waals surface area contributed by atoms with Crippen LogP contribution in [0.3, 0.4) is 0 Å². The van der Waals surface area contributed by atoms with Gasteiger partial charge in [-0.2, -0.15) is 0 Å². The van der Waals surface area contributed by atoms with Gasteiger partial charge in [0.2, 0.25) is 0 Å². The van der Waals surface area contributed by atoms with Gasteiger partial charge in [-0.15, -0.1) is 0 Å². The molecule has 0 amide bonds. The lowest BCUT2D eigenvalue weighted by atomic mass is 9.95. The van der Waals surface area contributed by atoms with Gasteiger partial charge in [0.05, 0.1) is 22.6 Å². The molecule has 3 aromatic heterocycles. The van der Waals surface area contributed by atoms with Crippen molar-refractivity contribution in [1.29, 1.82) is 0 Å². The topological polar surface area (TPSA) is 59.7 Å². The third-order valence-corrected chi connectivity index (χ3v) is 4.73.